The first-order valence-corrected chi connectivity index (χ1v) is 12.8. The van der Waals surface area contributed by atoms with Crippen LogP contribution in [0.4, 0.5) is 36.4 Å². The van der Waals surface area contributed by atoms with E-state index < -0.39 is 68.5 Å². The number of nitrogens with one attached hydrogen (secondary N) is 1. The molecule has 4 rings (SSSR count). The standard InChI is InChI=1S/C23H20F7N3O5S/c24-15-3-6-17(7-4-15)39(37,38)33-16(12-20(35)32-10-9-19(34)31-32)5-1-13-11-14(2-8-18(13)33)21(36,22(25,26)27)23(28,29)30/h2-4,6-8,11,16,36H,1,5,9-10,12H2,(H,31,34)/t16-/m0/s1. The number of aliphatic hydroxyl groups is 1. The highest BCUT2D eigenvalue weighted by atomic mass is 32.2. The Morgan fingerprint density at radius 2 is 1.62 bits per heavy atom. The SMILES string of the molecule is O=C1CCN(C(=O)C[C@@H]2CCc3cc(C(O)(C(F)(F)F)C(F)(F)F)ccc3N2S(=O)(=O)c2ccc(F)cc2)N1. The van der Waals surface area contributed by atoms with Crippen molar-refractivity contribution in [2.45, 2.75) is 54.6 Å². The van der Waals surface area contributed by atoms with Gasteiger partial charge in [-0.25, -0.2) is 12.8 Å². The van der Waals surface area contributed by atoms with Crippen molar-refractivity contribution in [3.05, 3.63) is 59.4 Å². The van der Waals surface area contributed by atoms with Crippen LogP contribution in [0.3, 0.4) is 0 Å². The van der Waals surface area contributed by atoms with Crippen molar-refractivity contribution in [2.24, 2.45) is 0 Å². The monoisotopic (exact) mass is 583 g/mol. The highest BCUT2D eigenvalue weighted by Gasteiger charge is 2.71. The van der Waals surface area contributed by atoms with E-state index in [0.717, 1.165) is 29.3 Å². The Hall–Kier alpha value is -3.40. The third-order valence-corrected chi connectivity index (χ3v) is 8.42. The Bertz CT molecular complexity index is 1380. The van der Waals surface area contributed by atoms with E-state index in [1.807, 2.05) is 0 Å². The van der Waals surface area contributed by atoms with Crippen LogP contribution < -0.4 is 9.73 Å². The van der Waals surface area contributed by atoms with Crippen molar-refractivity contribution >= 4 is 27.5 Å². The number of carbonyl (C=O) groups is 2. The largest absolute Gasteiger partial charge is 0.430 e. The second kappa shape index (κ2) is 9.66. The number of fused-ring (bicyclic) bond motifs is 1. The number of hydrogen-bond acceptors (Lipinski definition) is 5. The molecule has 39 heavy (non-hydrogen) atoms. The second-order valence-corrected chi connectivity index (χ2v) is 10.8. The summed E-state index contributed by atoms with van der Waals surface area (Å²) < 4.78 is 122. The van der Waals surface area contributed by atoms with Gasteiger partial charge in [0.1, 0.15) is 5.82 Å². The van der Waals surface area contributed by atoms with Gasteiger partial charge in [0.15, 0.2) is 0 Å². The molecule has 0 aliphatic carbocycles. The molecule has 0 bridgehead atoms. The average Bonchev–Trinajstić information content (AvgIpc) is 3.28. The van der Waals surface area contributed by atoms with E-state index in [0.29, 0.717) is 22.5 Å². The third-order valence-electron chi connectivity index (χ3n) is 6.54. The summed E-state index contributed by atoms with van der Waals surface area (Å²) in [6, 6.07) is 3.80. The Morgan fingerprint density at radius 1 is 1.00 bits per heavy atom. The van der Waals surface area contributed by atoms with Crippen LogP contribution in [0.5, 0.6) is 0 Å². The van der Waals surface area contributed by atoms with Crippen LogP contribution in [0.1, 0.15) is 30.4 Å². The molecule has 0 spiro atoms. The molecule has 212 valence electrons. The number of hydrazine groups is 1. The Labute approximate surface area is 217 Å². The first kappa shape index (κ1) is 28.6. The molecule has 2 aliphatic heterocycles. The molecule has 2 aliphatic rings. The van der Waals surface area contributed by atoms with E-state index >= 15 is 0 Å². The second-order valence-electron chi connectivity index (χ2n) is 9.03. The minimum atomic E-state index is -6.15. The van der Waals surface area contributed by atoms with Gasteiger partial charge in [0.2, 0.25) is 11.8 Å². The Kier molecular flexibility index (Phi) is 7.08. The lowest BCUT2D eigenvalue weighted by molar-refractivity contribution is -0.376. The van der Waals surface area contributed by atoms with E-state index in [9.17, 15) is 53.8 Å². The zero-order valence-electron chi connectivity index (χ0n) is 19.7. The average molecular weight is 583 g/mol. The molecule has 0 unspecified atom stereocenters. The summed E-state index contributed by atoms with van der Waals surface area (Å²) in [7, 11) is -4.62. The van der Waals surface area contributed by atoms with Crippen LogP contribution in [-0.4, -0.2) is 55.3 Å². The van der Waals surface area contributed by atoms with Gasteiger partial charge in [-0.2, -0.15) is 26.3 Å². The van der Waals surface area contributed by atoms with Crippen molar-refractivity contribution in [3.63, 3.8) is 0 Å². The van der Waals surface area contributed by atoms with Crippen molar-refractivity contribution in [2.75, 3.05) is 10.8 Å². The van der Waals surface area contributed by atoms with Crippen LogP contribution in [-0.2, 0) is 31.6 Å². The number of benzene rings is 2. The van der Waals surface area contributed by atoms with Gasteiger partial charge in [-0.05, 0) is 48.7 Å². The molecule has 2 aromatic carbocycles. The first-order chi connectivity index (χ1) is 18.0. The van der Waals surface area contributed by atoms with E-state index in [2.05, 4.69) is 5.43 Å². The topological polar surface area (TPSA) is 107 Å². The maximum atomic E-state index is 13.6. The lowest BCUT2D eigenvalue weighted by Crippen LogP contribution is -2.54. The summed E-state index contributed by atoms with van der Waals surface area (Å²) in [5, 5.41) is 10.8. The summed E-state index contributed by atoms with van der Waals surface area (Å²) in [6.45, 7) is 0.0164. The fourth-order valence-electron chi connectivity index (χ4n) is 4.56. The van der Waals surface area contributed by atoms with Crippen molar-refractivity contribution in [1.29, 1.82) is 0 Å². The van der Waals surface area contributed by atoms with Crippen LogP contribution in [0.2, 0.25) is 0 Å². The van der Waals surface area contributed by atoms with Gasteiger partial charge in [-0.3, -0.25) is 24.3 Å². The molecule has 2 N–H and O–H groups in total. The fourth-order valence-corrected chi connectivity index (χ4v) is 6.27. The molecular weight excluding hydrogens is 563 g/mol. The molecule has 0 radical (unpaired) electrons. The number of nitrogens with zero attached hydrogens (tertiary/aromatic N) is 2. The van der Waals surface area contributed by atoms with E-state index in [1.54, 1.807) is 0 Å². The molecule has 2 aromatic rings. The van der Waals surface area contributed by atoms with E-state index in [-0.39, 0.29) is 37.1 Å². The molecule has 0 saturated carbocycles. The Balaban J connectivity index is 1.81. The molecule has 0 aromatic heterocycles. The number of alkyl halides is 6. The predicted molar refractivity (Wildman–Crippen MR) is 120 cm³/mol. The molecule has 2 amide bonds. The van der Waals surface area contributed by atoms with Gasteiger partial charge >= 0.3 is 12.4 Å². The van der Waals surface area contributed by atoms with Gasteiger partial charge in [0, 0.05) is 12.0 Å². The van der Waals surface area contributed by atoms with Crippen molar-refractivity contribution in [1.82, 2.24) is 10.4 Å². The summed E-state index contributed by atoms with van der Waals surface area (Å²) in [5.74, 6) is -1.89. The lowest BCUT2D eigenvalue weighted by atomic mass is 9.87. The number of rotatable bonds is 5. The first-order valence-electron chi connectivity index (χ1n) is 11.4. The highest BCUT2D eigenvalue weighted by Crippen LogP contribution is 2.51. The number of amides is 2. The van der Waals surface area contributed by atoms with Crippen LogP contribution >= 0.6 is 0 Å². The number of aryl methyl sites for hydroxylation is 1. The van der Waals surface area contributed by atoms with Crippen LogP contribution in [0.25, 0.3) is 0 Å². The summed E-state index contributed by atoms with van der Waals surface area (Å²) in [5.41, 5.74) is -5.06. The maximum Gasteiger partial charge on any atom is 0.430 e. The highest BCUT2D eigenvalue weighted by molar-refractivity contribution is 7.92. The quantitative estimate of drug-likeness (QED) is 0.526. The molecule has 1 atom stereocenters. The van der Waals surface area contributed by atoms with Gasteiger partial charge in [-0.15, -0.1) is 0 Å². The predicted octanol–water partition coefficient (Wildman–Crippen LogP) is 3.30. The molecule has 8 nitrogen and oxygen atoms in total. The lowest BCUT2D eigenvalue weighted by Gasteiger charge is -2.39. The zero-order chi connectivity index (χ0) is 29.0. The normalized spacial score (nSPS) is 18.7. The molecule has 2 heterocycles. The van der Waals surface area contributed by atoms with Gasteiger partial charge in [0.05, 0.1) is 29.6 Å². The minimum Gasteiger partial charge on any atom is -0.369 e. The minimum absolute atomic E-state index is 0.0148. The molecule has 1 saturated heterocycles. The van der Waals surface area contributed by atoms with Gasteiger partial charge in [-0.1, -0.05) is 12.1 Å². The number of sulfonamides is 1. The molecule has 1 fully saturated rings. The number of anilines is 1. The number of carbonyl (C=O) groups excluding carboxylic acids is 2. The third kappa shape index (κ3) is 5.02. The summed E-state index contributed by atoms with van der Waals surface area (Å²) in [6.07, 6.45) is -13.2. The fraction of sp³-hybridized carbons (Fsp3) is 0.391. The van der Waals surface area contributed by atoms with Gasteiger partial charge in [0.25, 0.3) is 15.6 Å². The Morgan fingerprint density at radius 3 is 2.15 bits per heavy atom. The number of halogens is 7. The number of hydrogen-bond donors (Lipinski definition) is 2. The molecule has 16 heteroatoms. The van der Waals surface area contributed by atoms with Crippen molar-refractivity contribution < 1.29 is 53.8 Å². The maximum absolute atomic E-state index is 13.6. The molecular formula is C23H20F7N3O5S. The summed E-state index contributed by atoms with van der Waals surface area (Å²) >= 11 is 0. The van der Waals surface area contributed by atoms with Crippen molar-refractivity contribution in [3.8, 4) is 0 Å². The zero-order valence-corrected chi connectivity index (χ0v) is 20.5. The smallest absolute Gasteiger partial charge is 0.369 e. The van der Waals surface area contributed by atoms with E-state index in [4.69, 9.17) is 0 Å². The van der Waals surface area contributed by atoms with E-state index in [1.165, 1.54) is 0 Å². The van der Waals surface area contributed by atoms with Crippen LogP contribution in [0.15, 0.2) is 47.4 Å². The summed E-state index contributed by atoms with van der Waals surface area (Å²) in [4.78, 5) is 23.8. The van der Waals surface area contributed by atoms with Crippen LogP contribution in [0, 0.1) is 5.82 Å². The van der Waals surface area contributed by atoms with Gasteiger partial charge < -0.3 is 5.11 Å².